The molecule has 0 spiro atoms. The van der Waals surface area contributed by atoms with Crippen LogP contribution in [0.3, 0.4) is 0 Å². The van der Waals surface area contributed by atoms with E-state index >= 15 is 0 Å². The minimum absolute atomic E-state index is 0.403. The zero-order valence-corrected chi connectivity index (χ0v) is 10.3. The number of hydroxylamine groups is 1. The van der Waals surface area contributed by atoms with Gasteiger partial charge in [0.15, 0.2) is 0 Å². The van der Waals surface area contributed by atoms with Crippen LogP contribution in [0.5, 0.6) is 0 Å². The minimum atomic E-state index is -0.744. The molecule has 2 rings (SSSR count). The van der Waals surface area contributed by atoms with Crippen molar-refractivity contribution in [1.29, 1.82) is 0 Å². The van der Waals surface area contributed by atoms with E-state index in [9.17, 15) is 4.79 Å². The first-order valence-electron chi connectivity index (χ1n) is 5.93. The molecule has 1 heterocycles. The largest absolute Gasteiger partial charge is 0.347 e. The molecule has 5 heteroatoms. The van der Waals surface area contributed by atoms with Crippen molar-refractivity contribution in [1.82, 2.24) is 10.0 Å². The number of fused-ring (bicyclic) bond motifs is 1. The lowest BCUT2D eigenvalue weighted by Crippen LogP contribution is -2.40. The monoisotopic (exact) mass is 247 g/mol. The molecule has 0 aliphatic carbocycles. The number of nitrogens with two attached hydrogens (primary N) is 1. The van der Waals surface area contributed by atoms with Crippen molar-refractivity contribution in [2.75, 3.05) is 0 Å². The summed E-state index contributed by atoms with van der Waals surface area (Å²) in [4.78, 5) is 11.2. The highest BCUT2D eigenvalue weighted by Crippen LogP contribution is 2.22. The van der Waals surface area contributed by atoms with Gasteiger partial charge in [-0.15, -0.1) is 0 Å². The molecule has 0 aliphatic heterocycles. The smallest absolute Gasteiger partial charge is 0.260 e. The molecule has 2 aromatic rings. The molecule has 0 radical (unpaired) electrons. The van der Waals surface area contributed by atoms with Crippen LogP contribution in [0.15, 0.2) is 30.5 Å². The van der Waals surface area contributed by atoms with Crippen LogP contribution in [-0.4, -0.2) is 21.7 Å². The van der Waals surface area contributed by atoms with Crippen LogP contribution in [0.1, 0.15) is 12.5 Å². The Kier molecular flexibility index (Phi) is 3.64. The van der Waals surface area contributed by atoms with E-state index in [-0.39, 0.29) is 0 Å². The van der Waals surface area contributed by atoms with E-state index in [1.807, 2.05) is 30.5 Å². The molecule has 0 fully saturated rings. The fourth-order valence-corrected chi connectivity index (χ4v) is 2.16. The van der Waals surface area contributed by atoms with Gasteiger partial charge < -0.3 is 10.3 Å². The molecule has 96 valence electrons. The van der Waals surface area contributed by atoms with Crippen LogP contribution in [-0.2, 0) is 17.8 Å². The van der Waals surface area contributed by atoms with Crippen LogP contribution in [0.25, 0.3) is 10.9 Å². The molecule has 1 aromatic heterocycles. The predicted molar refractivity (Wildman–Crippen MR) is 69.2 cm³/mol. The second-order valence-corrected chi connectivity index (χ2v) is 4.24. The lowest BCUT2D eigenvalue weighted by atomic mass is 10.1. The Hall–Kier alpha value is -1.85. The van der Waals surface area contributed by atoms with Gasteiger partial charge in [0.05, 0.1) is 6.04 Å². The summed E-state index contributed by atoms with van der Waals surface area (Å²) in [7, 11) is 0. The minimum Gasteiger partial charge on any atom is -0.347 e. The third-order valence-corrected chi connectivity index (χ3v) is 3.10. The maximum Gasteiger partial charge on any atom is 0.260 e. The molecule has 0 saturated carbocycles. The van der Waals surface area contributed by atoms with Crippen LogP contribution >= 0.6 is 0 Å². The molecule has 0 bridgehead atoms. The number of para-hydroxylation sites is 1. The number of aryl methyl sites for hydroxylation is 1. The van der Waals surface area contributed by atoms with Crippen LogP contribution in [0, 0.1) is 0 Å². The van der Waals surface area contributed by atoms with Gasteiger partial charge in [0.1, 0.15) is 0 Å². The number of benzene rings is 1. The first kappa shape index (κ1) is 12.6. The summed E-state index contributed by atoms with van der Waals surface area (Å²) in [6, 6.07) is 7.26. The average Bonchev–Trinajstić information content (AvgIpc) is 2.76. The highest BCUT2D eigenvalue weighted by Gasteiger charge is 2.16. The van der Waals surface area contributed by atoms with Crippen molar-refractivity contribution in [3.8, 4) is 0 Å². The summed E-state index contributed by atoms with van der Waals surface area (Å²) in [6.07, 6.45) is 2.41. The second kappa shape index (κ2) is 5.20. The maximum absolute atomic E-state index is 11.2. The summed E-state index contributed by atoms with van der Waals surface area (Å²) >= 11 is 0. The Labute approximate surface area is 105 Å². The summed E-state index contributed by atoms with van der Waals surface area (Å²) in [5, 5.41) is 9.66. The van der Waals surface area contributed by atoms with E-state index in [1.54, 1.807) is 5.48 Å². The topological polar surface area (TPSA) is 80.3 Å². The van der Waals surface area contributed by atoms with Crippen LogP contribution in [0.2, 0.25) is 0 Å². The van der Waals surface area contributed by atoms with Gasteiger partial charge in [0.25, 0.3) is 5.91 Å². The van der Waals surface area contributed by atoms with Gasteiger partial charge in [-0.25, -0.2) is 5.48 Å². The molecule has 18 heavy (non-hydrogen) atoms. The zero-order valence-electron chi connectivity index (χ0n) is 10.3. The fourth-order valence-electron chi connectivity index (χ4n) is 2.16. The number of amides is 1. The van der Waals surface area contributed by atoms with Gasteiger partial charge in [-0.2, -0.15) is 0 Å². The van der Waals surface area contributed by atoms with Crippen LogP contribution < -0.4 is 11.2 Å². The highest BCUT2D eigenvalue weighted by atomic mass is 16.5. The summed E-state index contributed by atoms with van der Waals surface area (Å²) < 4.78 is 2.12. The summed E-state index contributed by atoms with van der Waals surface area (Å²) in [5.74, 6) is -0.566. The molecular formula is C13H17N3O2. The van der Waals surface area contributed by atoms with E-state index in [0.29, 0.717) is 6.42 Å². The zero-order chi connectivity index (χ0) is 13.1. The van der Waals surface area contributed by atoms with Gasteiger partial charge >= 0.3 is 0 Å². The molecular weight excluding hydrogens is 230 g/mol. The fraction of sp³-hybridized carbons (Fsp3) is 0.308. The molecule has 4 N–H and O–H groups in total. The van der Waals surface area contributed by atoms with Gasteiger partial charge in [0.2, 0.25) is 0 Å². The van der Waals surface area contributed by atoms with Crippen molar-refractivity contribution in [3.05, 3.63) is 36.0 Å². The number of nitrogens with one attached hydrogen (secondary N) is 1. The third kappa shape index (κ3) is 2.23. The maximum atomic E-state index is 11.2. The Morgan fingerprint density at radius 2 is 2.22 bits per heavy atom. The lowest BCUT2D eigenvalue weighted by Gasteiger charge is -2.07. The van der Waals surface area contributed by atoms with Crippen molar-refractivity contribution < 1.29 is 10.0 Å². The molecule has 1 amide bonds. The van der Waals surface area contributed by atoms with Gasteiger partial charge in [-0.1, -0.05) is 18.2 Å². The van der Waals surface area contributed by atoms with Crippen molar-refractivity contribution in [2.24, 2.45) is 5.73 Å². The quantitative estimate of drug-likeness (QED) is 0.557. The Balaban J connectivity index is 2.36. The van der Waals surface area contributed by atoms with E-state index in [4.69, 9.17) is 10.9 Å². The number of carbonyl (C=O) groups is 1. The molecule has 1 unspecified atom stereocenters. The first-order valence-corrected chi connectivity index (χ1v) is 5.93. The van der Waals surface area contributed by atoms with E-state index in [2.05, 4.69) is 11.5 Å². The predicted octanol–water partition coefficient (Wildman–Crippen LogP) is 1.04. The van der Waals surface area contributed by atoms with Crippen LogP contribution in [0.4, 0.5) is 0 Å². The second-order valence-electron chi connectivity index (χ2n) is 4.24. The van der Waals surface area contributed by atoms with Gasteiger partial charge in [0, 0.05) is 23.6 Å². The number of rotatable bonds is 4. The molecule has 0 aliphatic rings. The number of aromatic nitrogens is 1. The van der Waals surface area contributed by atoms with Crippen molar-refractivity contribution >= 4 is 16.8 Å². The SMILES string of the molecule is CCn1cc(CC(N)C(=O)NO)c2ccccc21. The Bertz CT molecular complexity index is 562. The Morgan fingerprint density at radius 3 is 2.89 bits per heavy atom. The highest BCUT2D eigenvalue weighted by molar-refractivity contribution is 5.86. The van der Waals surface area contributed by atoms with E-state index < -0.39 is 11.9 Å². The van der Waals surface area contributed by atoms with E-state index in [1.165, 1.54) is 0 Å². The summed E-state index contributed by atoms with van der Waals surface area (Å²) in [5.41, 5.74) is 9.45. The summed E-state index contributed by atoms with van der Waals surface area (Å²) in [6.45, 7) is 2.93. The number of nitrogens with zero attached hydrogens (tertiary/aromatic N) is 1. The lowest BCUT2D eigenvalue weighted by molar-refractivity contribution is -0.130. The Morgan fingerprint density at radius 1 is 1.50 bits per heavy atom. The normalized spacial score (nSPS) is 12.6. The van der Waals surface area contributed by atoms with Crippen molar-refractivity contribution in [2.45, 2.75) is 25.9 Å². The first-order chi connectivity index (χ1) is 8.67. The number of hydrogen-bond acceptors (Lipinski definition) is 3. The molecule has 1 aromatic carbocycles. The van der Waals surface area contributed by atoms with Crippen molar-refractivity contribution in [3.63, 3.8) is 0 Å². The molecule has 5 nitrogen and oxygen atoms in total. The molecule has 1 atom stereocenters. The number of carbonyl (C=O) groups excluding carboxylic acids is 1. The average molecular weight is 247 g/mol. The standard InChI is InChI=1S/C13H17N3O2/c1-2-16-8-9(7-11(14)13(17)15-18)10-5-3-4-6-12(10)16/h3-6,8,11,18H,2,7,14H2,1H3,(H,15,17). The van der Waals surface area contributed by atoms with Gasteiger partial charge in [-0.3, -0.25) is 10.0 Å². The van der Waals surface area contributed by atoms with Gasteiger partial charge in [-0.05, 0) is 25.0 Å². The number of hydrogen-bond donors (Lipinski definition) is 3. The molecule has 0 saturated heterocycles. The third-order valence-electron chi connectivity index (χ3n) is 3.10. The van der Waals surface area contributed by atoms with E-state index in [0.717, 1.165) is 23.0 Å².